The van der Waals surface area contributed by atoms with Crippen molar-refractivity contribution in [1.82, 2.24) is 0 Å². The molecule has 100 valence electrons. The zero-order chi connectivity index (χ0) is 14.4. The minimum atomic E-state index is 0.0260. The van der Waals surface area contributed by atoms with Crippen LogP contribution in [-0.2, 0) is 6.42 Å². The number of benzene rings is 2. The van der Waals surface area contributed by atoms with Gasteiger partial charge in [-0.25, -0.2) is 0 Å². The monoisotopic (exact) mass is 281 g/mol. The third-order valence-corrected chi connectivity index (χ3v) is 4.00. The molecule has 0 amide bonds. The summed E-state index contributed by atoms with van der Waals surface area (Å²) in [4.78, 5) is 13.4. The molecular weight excluding hydrogens is 266 g/mol. The van der Waals surface area contributed by atoms with Gasteiger partial charge in [0.2, 0.25) is 0 Å². The van der Waals surface area contributed by atoms with Crippen LogP contribution in [0.2, 0.25) is 0 Å². The molecule has 0 aliphatic rings. The van der Waals surface area contributed by atoms with E-state index < -0.39 is 0 Å². The Hall–Kier alpha value is -2.05. The molecule has 0 radical (unpaired) electrons. The van der Waals surface area contributed by atoms with E-state index in [2.05, 4.69) is 18.2 Å². The number of rotatable bonds is 5. The normalized spacial score (nSPS) is 10.0. The highest BCUT2D eigenvalue weighted by Crippen LogP contribution is 2.22. The first kappa shape index (κ1) is 14.4. The van der Waals surface area contributed by atoms with E-state index in [1.54, 1.807) is 36.0 Å². The predicted octanol–water partition coefficient (Wildman–Crippen LogP) is 4.10. The lowest BCUT2D eigenvalue weighted by atomic mass is 9.99. The van der Waals surface area contributed by atoms with Gasteiger partial charge in [-0.15, -0.1) is 11.8 Å². The van der Waals surface area contributed by atoms with Gasteiger partial charge in [0.1, 0.15) is 0 Å². The van der Waals surface area contributed by atoms with Gasteiger partial charge in [-0.3, -0.25) is 4.79 Å². The van der Waals surface area contributed by atoms with Gasteiger partial charge in [-0.05, 0) is 30.4 Å². The Balaban J connectivity index is 2.11. The SMILES string of the molecule is CSc1ccccc1CCC(=O)c1ccccc1C#N. The minimum absolute atomic E-state index is 0.0260. The van der Waals surface area contributed by atoms with Gasteiger partial charge in [0.15, 0.2) is 5.78 Å². The first-order valence-electron chi connectivity index (χ1n) is 6.40. The van der Waals surface area contributed by atoms with Crippen LogP contribution in [0.1, 0.15) is 27.9 Å². The van der Waals surface area contributed by atoms with Crippen LogP contribution in [0.3, 0.4) is 0 Å². The van der Waals surface area contributed by atoms with Crippen molar-refractivity contribution >= 4 is 17.5 Å². The summed E-state index contributed by atoms with van der Waals surface area (Å²) in [5.41, 5.74) is 2.16. The van der Waals surface area contributed by atoms with Crippen LogP contribution >= 0.6 is 11.8 Å². The van der Waals surface area contributed by atoms with Crippen LogP contribution in [0.25, 0.3) is 0 Å². The van der Waals surface area contributed by atoms with Gasteiger partial charge in [0, 0.05) is 16.9 Å². The number of carbonyl (C=O) groups excluding carboxylic acids is 1. The van der Waals surface area contributed by atoms with Crippen LogP contribution in [0.4, 0.5) is 0 Å². The zero-order valence-electron chi connectivity index (χ0n) is 11.3. The smallest absolute Gasteiger partial charge is 0.164 e. The summed E-state index contributed by atoms with van der Waals surface area (Å²) < 4.78 is 0. The molecule has 0 bridgehead atoms. The number of nitriles is 1. The molecule has 0 heterocycles. The van der Waals surface area contributed by atoms with Crippen LogP contribution in [0.15, 0.2) is 53.4 Å². The van der Waals surface area contributed by atoms with E-state index in [9.17, 15) is 4.79 Å². The molecule has 0 N–H and O–H groups in total. The van der Waals surface area contributed by atoms with Crippen molar-refractivity contribution < 1.29 is 4.79 Å². The van der Waals surface area contributed by atoms with Gasteiger partial charge in [0.25, 0.3) is 0 Å². The van der Waals surface area contributed by atoms with E-state index in [0.717, 1.165) is 0 Å². The summed E-state index contributed by atoms with van der Waals surface area (Å²) in [5.74, 6) is 0.0260. The quantitative estimate of drug-likeness (QED) is 0.612. The Morgan fingerprint density at radius 2 is 1.85 bits per heavy atom. The maximum Gasteiger partial charge on any atom is 0.164 e. The van der Waals surface area contributed by atoms with E-state index >= 15 is 0 Å². The van der Waals surface area contributed by atoms with Gasteiger partial charge >= 0.3 is 0 Å². The average Bonchev–Trinajstić information content (AvgIpc) is 2.52. The van der Waals surface area contributed by atoms with Gasteiger partial charge in [0.05, 0.1) is 11.6 Å². The standard InChI is InChI=1S/C17H15NOS/c1-20-17-9-5-3-6-13(17)10-11-16(19)15-8-4-2-7-14(15)12-18/h2-9H,10-11H2,1H3. The number of Topliss-reactive ketones (excluding diaryl/α,β-unsaturated/α-hetero) is 1. The topological polar surface area (TPSA) is 40.9 Å². The highest BCUT2D eigenvalue weighted by molar-refractivity contribution is 7.98. The summed E-state index contributed by atoms with van der Waals surface area (Å²) in [5, 5.41) is 9.03. The van der Waals surface area contributed by atoms with E-state index in [0.29, 0.717) is 24.0 Å². The van der Waals surface area contributed by atoms with Crippen LogP contribution in [0, 0.1) is 11.3 Å². The van der Waals surface area contributed by atoms with Crippen molar-refractivity contribution in [3.05, 3.63) is 65.2 Å². The fourth-order valence-electron chi connectivity index (χ4n) is 2.12. The van der Waals surface area contributed by atoms with Crippen molar-refractivity contribution in [1.29, 1.82) is 5.26 Å². The summed E-state index contributed by atoms with van der Waals surface area (Å²) in [6.07, 6.45) is 3.16. The predicted molar refractivity (Wildman–Crippen MR) is 82.0 cm³/mol. The van der Waals surface area contributed by atoms with Crippen molar-refractivity contribution in [2.75, 3.05) is 6.26 Å². The number of thioether (sulfide) groups is 1. The second-order valence-electron chi connectivity index (χ2n) is 4.39. The number of carbonyl (C=O) groups is 1. The molecule has 2 nitrogen and oxygen atoms in total. The molecule has 0 saturated carbocycles. The van der Waals surface area contributed by atoms with Gasteiger partial charge < -0.3 is 0 Å². The molecule has 0 aliphatic heterocycles. The molecular formula is C17H15NOS. The highest BCUT2D eigenvalue weighted by atomic mass is 32.2. The third kappa shape index (κ3) is 3.28. The number of hydrogen-bond acceptors (Lipinski definition) is 3. The molecule has 0 spiro atoms. The minimum Gasteiger partial charge on any atom is -0.294 e. The van der Waals surface area contributed by atoms with Crippen LogP contribution in [-0.4, -0.2) is 12.0 Å². The highest BCUT2D eigenvalue weighted by Gasteiger charge is 2.11. The molecule has 2 aromatic carbocycles. The number of ketones is 1. The lowest BCUT2D eigenvalue weighted by Crippen LogP contribution is -2.04. The maximum absolute atomic E-state index is 12.2. The molecule has 0 fully saturated rings. The van der Waals surface area contributed by atoms with E-state index in [4.69, 9.17) is 5.26 Å². The van der Waals surface area contributed by atoms with Gasteiger partial charge in [-0.1, -0.05) is 36.4 Å². The van der Waals surface area contributed by atoms with E-state index in [1.807, 2.05) is 18.4 Å². The fraction of sp³-hybridized carbons (Fsp3) is 0.176. The zero-order valence-corrected chi connectivity index (χ0v) is 12.1. The molecule has 2 aromatic rings. The lowest BCUT2D eigenvalue weighted by Gasteiger charge is -2.07. The molecule has 3 heteroatoms. The summed E-state index contributed by atoms with van der Waals surface area (Å²) in [7, 11) is 0. The second-order valence-corrected chi connectivity index (χ2v) is 5.24. The van der Waals surface area contributed by atoms with Crippen LogP contribution < -0.4 is 0 Å². The van der Waals surface area contributed by atoms with Crippen molar-refractivity contribution in [2.24, 2.45) is 0 Å². The second kappa shape index (κ2) is 6.93. The lowest BCUT2D eigenvalue weighted by molar-refractivity contribution is 0.0982. The molecule has 2 rings (SSSR count). The fourth-order valence-corrected chi connectivity index (χ4v) is 2.76. The van der Waals surface area contributed by atoms with E-state index in [1.165, 1.54) is 10.5 Å². The van der Waals surface area contributed by atoms with Crippen molar-refractivity contribution in [3.8, 4) is 6.07 Å². The van der Waals surface area contributed by atoms with Gasteiger partial charge in [-0.2, -0.15) is 5.26 Å². The molecule has 0 unspecified atom stereocenters. The largest absolute Gasteiger partial charge is 0.294 e. The molecule has 0 aromatic heterocycles. The Morgan fingerprint density at radius 3 is 2.60 bits per heavy atom. The average molecular weight is 281 g/mol. The number of hydrogen-bond donors (Lipinski definition) is 0. The first-order valence-corrected chi connectivity index (χ1v) is 7.63. The van der Waals surface area contributed by atoms with Crippen molar-refractivity contribution in [2.45, 2.75) is 17.7 Å². The number of nitrogens with zero attached hydrogens (tertiary/aromatic N) is 1. The molecule has 0 aliphatic carbocycles. The maximum atomic E-state index is 12.2. The molecule has 20 heavy (non-hydrogen) atoms. The molecule has 0 saturated heterocycles. The summed E-state index contributed by atoms with van der Waals surface area (Å²) in [6.45, 7) is 0. The number of aryl methyl sites for hydroxylation is 1. The van der Waals surface area contributed by atoms with Crippen molar-refractivity contribution in [3.63, 3.8) is 0 Å². The summed E-state index contributed by atoms with van der Waals surface area (Å²) >= 11 is 1.69. The Kier molecular flexibility index (Phi) is 4.97. The van der Waals surface area contributed by atoms with E-state index in [-0.39, 0.29) is 5.78 Å². The Bertz CT molecular complexity index is 658. The third-order valence-electron chi connectivity index (χ3n) is 3.16. The summed E-state index contributed by atoms with van der Waals surface area (Å²) in [6, 6.07) is 17.2. The molecule has 0 atom stereocenters. The Labute approximate surface area is 123 Å². The van der Waals surface area contributed by atoms with Crippen LogP contribution in [0.5, 0.6) is 0 Å². The first-order chi connectivity index (χ1) is 9.76. The Morgan fingerprint density at radius 1 is 1.15 bits per heavy atom.